The molecule has 104 valence electrons. The molecule has 0 radical (unpaired) electrons. The van der Waals surface area contributed by atoms with Gasteiger partial charge in [-0.25, -0.2) is 5.10 Å². The molecule has 0 spiro atoms. The van der Waals surface area contributed by atoms with Crippen molar-refractivity contribution in [2.75, 3.05) is 18.4 Å². The zero-order chi connectivity index (χ0) is 13.7. The Balaban J connectivity index is 2.11. The van der Waals surface area contributed by atoms with E-state index in [9.17, 15) is 9.59 Å². The van der Waals surface area contributed by atoms with E-state index >= 15 is 0 Å². The largest absolute Gasteiger partial charge is 0.317 e. The lowest BCUT2D eigenvalue weighted by Gasteiger charge is -2.35. The number of nitrogens with zero attached hydrogens (tertiary/aromatic N) is 1. The predicted molar refractivity (Wildman–Crippen MR) is 72.9 cm³/mol. The third-order valence-corrected chi connectivity index (χ3v) is 3.69. The SMILES string of the molecule is CCCC1(C(=O)Nc2ccc(=O)[nH]n2)CCNCC1. The Kier molecular flexibility index (Phi) is 4.31. The number of aromatic nitrogens is 2. The summed E-state index contributed by atoms with van der Waals surface area (Å²) in [5, 5.41) is 12.2. The Hall–Kier alpha value is -1.69. The number of carbonyl (C=O) groups excluding carboxylic acids is 1. The van der Waals surface area contributed by atoms with E-state index in [1.165, 1.54) is 12.1 Å². The number of nitrogens with one attached hydrogen (secondary N) is 3. The van der Waals surface area contributed by atoms with Gasteiger partial charge in [0.25, 0.3) is 5.56 Å². The molecule has 0 saturated carbocycles. The summed E-state index contributed by atoms with van der Waals surface area (Å²) in [7, 11) is 0. The fourth-order valence-corrected chi connectivity index (χ4v) is 2.64. The molecule has 2 rings (SSSR count). The fraction of sp³-hybridized carbons (Fsp3) is 0.615. The standard InChI is InChI=1S/C13H20N4O2/c1-2-5-13(6-8-14-9-7-13)12(19)15-10-3-4-11(18)17-16-10/h3-4,14H,2,5-9H2,1H3,(H,17,18)(H,15,16,19). The first kappa shape index (κ1) is 13.7. The van der Waals surface area contributed by atoms with E-state index in [2.05, 4.69) is 27.8 Å². The van der Waals surface area contributed by atoms with Crippen molar-refractivity contribution in [3.05, 3.63) is 22.5 Å². The fourth-order valence-electron chi connectivity index (χ4n) is 2.64. The van der Waals surface area contributed by atoms with Crippen molar-refractivity contribution in [1.29, 1.82) is 0 Å². The molecule has 0 atom stereocenters. The van der Waals surface area contributed by atoms with Gasteiger partial charge in [-0.05, 0) is 38.4 Å². The summed E-state index contributed by atoms with van der Waals surface area (Å²) in [6, 6.07) is 2.88. The van der Waals surface area contributed by atoms with Gasteiger partial charge in [-0.3, -0.25) is 9.59 Å². The zero-order valence-corrected chi connectivity index (χ0v) is 11.2. The first-order chi connectivity index (χ1) is 9.16. The highest BCUT2D eigenvalue weighted by Crippen LogP contribution is 2.35. The molecule has 0 aliphatic carbocycles. The highest BCUT2D eigenvalue weighted by molar-refractivity contribution is 5.94. The van der Waals surface area contributed by atoms with Crippen LogP contribution in [0.4, 0.5) is 5.82 Å². The van der Waals surface area contributed by atoms with E-state index in [0.717, 1.165) is 38.8 Å². The molecular formula is C13H20N4O2. The second-order valence-corrected chi connectivity index (χ2v) is 5.04. The van der Waals surface area contributed by atoms with Gasteiger partial charge >= 0.3 is 0 Å². The van der Waals surface area contributed by atoms with Crippen molar-refractivity contribution >= 4 is 11.7 Å². The minimum absolute atomic E-state index is 0.00963. The number of hydrogen-bond donors (Lipinski definition) is 3. The third kappa shape index (κ3) is 3.20. The molecule has 19 heavy (non-hydrogen) atoms. The van der Waals surface area contributed by atoms with Crippen LogP contribution in [-0.4, -0.2) is 29.2 Å². The van der Waals surface area contributed by atoms with Crippen molar-refractivity contribution in [2.24, 2.45) is 5.41 Å². The van der Waals surface area contributed by atoms with Crippen LogP contribution in [0.15, 0.2) is 16.9 Å². The van der Waals surface area contributed by atoms with E-state index in [0.29, 0.717) is 5.82 Å². The monoisotopic (exact) mass is 264 g/mol. The average Bonchev–Trinajstić information content (AvgIpc) is 2.43. The van der Waals surface area contributed by atoms with Crippen LogP contribution in [0.25, 0.3) is 0 Å². The van der Waals surface area contributed by atoms with E-state index in [1.807, 2.05) is 0 Å². The summed E-state index contributed by atoms with van der Waals surface area (Å²) in [5.41, 5.74) is -0.583. The Bertz CT molecular complexity index is 466. The molecule has 2 heterocycles. The second kappa shape index (κ2) is 5.97. The van der Waals surface area contributed by atoms with Gasteiger partial charge in [0, 0.05) is 6.07 Å². The van der Waals surface area contributed by atoms with Crippen LogP contribution >= 0.6 is 0 Å². The van der Waals surface area contributed by atoms with Crippen molar-refractivity contribution in [3.63, 3.8) is 0 Å². The number of amides is 1. The van der Waals surface area contributed by atoms with Crippen molar-refractivity contribution < 1.29 is 4.79 Å². The van der Waals surface area contributed by atoms with Gasteiger partial charge in [-0.15, -0.1) is 0 Å². The lowest BCUT2D eigenvalue weighted by atomic mass is 9.74. The normalized spacial score (nSPS) is 17.9. The van der Waals surface area contributed by atoms with Gasteiger partial charge in [0.05, 0.1) is 5.41 Å². The molecule has 1 aliphatic heterocycles. The molecule has 0 bridgehead atoms. The number of rotatable bonds is 4. The first-order valence-corrected chi connectivity index (χ1v) is 6.74. The first-order valence-electron chi connectivity index (χ1n) is 6.74. The lowest BCUT2D eigenvalue weighted by molar-refractivity contribution is -0.127. The molecule has 0 aromatic carbocycles. The predicted octanol–water partition coefficient (Wildman–Crippen LogP) is 0.878. The molecule has 3 N–H and O–H groups in total. The smallest absolute Gasteiger partial charge is 0.264 e. The third-order valence-electron chi connectivity index (χ3n) is 3.69. The number of hydrogen-bond acceptors (Lipinski definition) is 4. The van der Waals surface area contributed by atoms with Gasteiger partial charge in [0.15, 0.2) is 5.82 Å². The minimum Gasteiger partial charge on any atom is -0.317 e. The quantitative estimate of drug-likeness (QED) is 0.753. The molecular weight excluding hydrogens is 244 g/mol. The zero-order valence-electron chi connectivity index (χ0n) is 11.2. The van der Waals surface area contributed by atoms with Gasteiger partial charge in [0.2, 0.25) is 5.91 Å². The topological polar surface area (TPSA) is 86.9 Å². The second-order valence-electron chi connectivity index (χ2n) is 5.04. The molecule has 6 heteroatoms. The van der Waals surface area contributed by atoms with Gasteiger partial charge < -0.3 is 10.6 Å². The van der Waals surface area contributed by atoms with E-state index in [1.54, 1.807) is 0 Å². The maximum Gasteiger partial charge on any atom is 0.264 e. The Labute approximate surface area is 112 Å². The van der Waals surface area contributed by atoms with Crippen LogP contribution in [0, 0.1) is 5.41 Å². The summed E-state index contributed by atoms with van der Waals surface area (Å²) < 4.78 is 0. The van der Waals surface area contributed by atoms with E-state index < -0.39 is 0 Å². The lowest BCUT2D eigenvalue weighted by Crippen LogP contribution is -2.45. The number of aromatic amines is 1. The summed E-state index contributed by atoms with van der Waals surface area (Å²) in [4.78, 5) is 23.4. The van der Waals surface area contributed by atoms with Crippen LogP contribution in [-0.2, 0) is 4.79 Å². The van der Waals surface area contributed by atoms with E-state index in [-0.39, 0.29) is 16.9 Å². The average molecular weight is 264 g/mol. The molecule has 1 saturated heterocycles. The van der Waals surface area contributed by atoms with Crippen molar-refractivity contribution in [1.82, 2.24) is 15.5 Å². The van der Waals surface area contributed by atoms with Gasteiger partial charge in [-0.2, -0.15) is 5.10 Å². The molecule has 1 aromatic rings. The van der Waals surface area contributed by atoms with Crippen LogP contribution < -0.4 is 16.2 Å². The van der Waals surface area contributed by atoms with Crippen LogP contribution in [0.2, 0.25) is 0 Å². The van der Waals surface area contributed by atoms with E-state index in [4.69, 9.17) is 0 Å². The molecule has 1 aliphatic rings. The van der Waals surface area contributed by atoms with Crippen LogP contribution in [0.1, 0.15) is 32.6 Å². The molecule has 6 nitrogen and oxygen atoms in total. The number of carbonyl (C=O) groups is 1. The number of anilines is 1. The van der Waals surface area contributed by atoms with Gasteiger partial charge in [0.1, 0.15) is 0 Å². The molecule has 0 unspecified atom stereocenters. The van der Waals surface area contributed by atoms with Crippen molar-refractivity contribution in [3.8, 4) is 0 Å². The molecule has 1 fully saturated rings. The summed E-state index contributed by atoms with van der Waals surface area (Å²) >= 11 is 0. The Morgan fingerprint density at radius 3 is 2.74 bits per heavy atom. The minimum atomic E-state index is -0.308. The summed E-state index contributed by atoms with van der Waals surface area (Å²) in [5.74, 6) is 0.411. The Morgan fingerprint density at radius 1 is 1.42 bits per heavy atom. The van der Waals surface area contributed by atoms with Crippen LogP contribution in [0.5, 0.6) is 0 Å². The van der Waals surface area contributed by atoms with Crippen molar-refractivity contribution in [2.45, 2.75) is 32.6 Å². The Morgan fingerprint density at radius 2 is 2.16 bits per heavy atom. The summed E-state index contributed by atoms with van der Waals surface area (Å²) in [6.07, 6.45) is 3.54. The summed E-state index contributed by atoms with van der Waals surface area (Å²) in [6.45, 7) is 3.83. The molecule has 1 aromatic heterocycles. The highest BCUT2D eigenvalue weighted by atomic mass is 16.2. The molecule has 1 amide bonds. The number of piperidine rings is 1. The van der Waals surface area contributed by atoms with Crippen LogP contribution in [0.3, 0.4) is 0 Å². The highest BCUT2D eigenvalue weighted by Gasteiger charge is 2.38. The maximum absolute atomic E-state index is 12.5. The number of H-pyrrole nitrogens is 1. The van der Waals surface area contributed by atoms with Gasteiger partial charge in [-0.1, -0.05) is 13.3 Å². The maximum atomic E-state index is 12.5.